The smallest absolute Gasteiger partial charge is 0.262 e. The molecule has 9 nitrogen and oxygen atoms in total. The van der Waals surface area contributed by atoms with Gasteiger partial charge in [0.1, 0.15) is 11.8 Å². The van der Waals surface area contributed by atoms with Crippen LogP contribution >= 0.6 is 22.6 Å². The molecule has 0 saturated carbocycles. The van der Waals surface area contributed by atoms with Crippen molar-refractivity contribution < 1.29 is 22.7 Å². The second-order valence-electron chi connectivity index (χ2n) is 8.80. The normalized spacial score (nSPS) is 12.3. The fraction of sp³-hybridized carbons (Fsp3) is 0.222. The lowest BCUT2D eigenvalue weighted by Crippen LogP contribution is -2.48. The van der Waals surface area contributed by atoms with Gasteiger partial charge in [0.05, 0.1) is 11.1 Å². The highest BCUT2D eigenvalue weighted by molar-refractivity contribution is 14.1. The molecule has 38 heavy (non-hydrogen) atoms. The number of nitrogens with one attached hydrogen (secondary N) is 3. The quantitative estimate of drug-likeness (QED) is 0.164. The first kappa shape index (κ1) is 29.3. The second kappa shape index (κ2) is 13.5. The number of ether oxygens (including phenoxy) is 1. The molecule has 3 N–H and O–H groups in total. The van der Waals surface area contributed by atoms with Crippen LogP contribution in [0, 0.1) is 16.4 Å². The second-order valence-corrected chi connectivity index (χ2v) is 11.8. The lowest BCUT2D eigenvalue weighted by atomic mass is 10.1. The predicted molar refractivity (Wildman–Crippen MR) is 156 cm³/mol. The topological polar surface area (TPSA) is 126 Å². The predicted octanol–water partition coefficient (Wildman–Crippen LogP) is 4.07. The zero-order valence-corrected chi connectivity index (χ0v) is 24.1. The van der Waals surface area contributed by atoms with E-state index in [1.54, 1.807) is 50.2 Å². The first-order valence-corrected chi connectivity index (χ1v) is 14.3. The third-order valence-electron chi connectivity index (χ3n) is 5.33. The lowest BCUT2D eigenvalue weighted by Gasteiger charge is -2.20. The SMILES string of the molecule is Cc1ccc(S(=O)(=O)N[C@@H](C(=O)N/N=C\c2ccc(OCC(=O)Nc3ccc(I)cc3)cc2)C(C)C)cc1. The number of hydrazone groups is 1. The summed E-state index contributed by atoms with van der Waals surface area (Å²) in [6.07, 6.45) is 1.43. The lowest BCUT2D eigenvalue weighted by molar-refractivity contribution is -0.123. The molecule has 0 radical (unpaired) electrons. The molecule has 11 heteroatoms. The van der Waals surface area contributed by atoms with Crippen LogP contribution in [0.15, 0.2) is 82.8 Å². The molecule has 2 amide bonds. The Hall–Kier alpha value is -3.29. The van der Waals surface area contributed by atoms with Crippen molar-refractivity contribution in [3.05, 3.63) is 87.5 Å². The monoisotopic (exact) mass is 648 g/mol. The summed E-state index contributed by atoms with van der Waals surface area (Å²) in [5.74, 6) is -0.678. The van der Waals surface area contributed by atoms with Crippen molar-refractivity contribution in [2.75, 3.05) is 11.9 Å². The Kier molecular flexibility index (Phi) is 10.4. The fourth-order valence-electron chi connectivity index (χ4n) is 3.21. The summed E-state index contributed by atoms with van der Waals surface area (Å²) in [7, 11) is -3.88. The van der Waals surface area contributed by atoms with Gasteiger partial charge in [-0.3, -0.25) is 9.59 Å². The number of rotatable bonds is 11. The number of carbonyl (C=O) groups is 2. The minimum absolute atomic E-state index is 0.0831. The van der Waals surface area contributed by atoms with Crippen molar-refractivity contribution >= 4 is 56.3 Å². The van der Waals surface area contributed by atoms with E-state index in [0.717, 1.165) is 9.13 Å². The first-order chi connectivity index (χ1) is 18.0. The van der Waals surface area contributed by atoms with Gasteiger partial charge in [-0.2, -0.15) is 9.82 Å². The molecule has 3 aromatic rings. The minimum atomic E-state index is -3.88. The summed E-state index contributed by atoms with van der Waals surface area (Å²) in [4.78, 5) is 24.8. The summed E-state index contributed by atoms with van der Waals surface area (Å²) >= 11 is 2.19. The molecule has 0 bridgehead atoms. The van der Waals surface area contributed by atoms with Gasteiger partial charge in [0.15, 0.2) is 6.61 Å². The van der Waals surface area contributed by atoms with Crippen LogP contribution in [0.4, 0.5) is 5.69 Å². The van der Waals surface area contributed by atoms with Crippen molar-refractivity contribution in [1.82, 2.24) is 10.1 Å². The van der Waals surface area contributed by atoms with E-state index >= 15 is 0 Å². The Morgan fingerprint density at radius 3 is 2.21 bits per heavy atom. The maximum absolute atomic E-state index is 12.7. The number of hydrogen-bond acceptors (Lipinski definition) is 6. The van der Waals surface area contributed by atoms with E-state index in [1.165, 1.54) is 18.3 Å². The van der Waals surface area contributed by atoms with Crippen molar-refractivity contribution in [2.45, 2.75) is 31.7 Å². The molecule has 0 saturated heterocycles. The van der Waals surface area contributed by atoms with Crippen LogP contribution in [-0.4, -0.2) is 39.1 Å². The fourth-order valence-corrected chi connectivity index (χ4v) is 4.92. The van der Waals surface area contributed by atoms with Crippen LogP contribution in [0.3, 0.4) is 0 Å². The van der Waals surface area contributed by atoms with E-state index in [9.17, 15) is 18.0 Å². The van der Waals surface area contributed by atoms with Crippen LogP contribution in [0.2, 0.25) is 0 Å². The van der Waals surface area contributed by atoms with Gasteiger partial charge >= 0.3 is 0 Å². The molecule has 3 rings (SSSR count). The Balaban J connectivity index is 1.51. The van der Waals surface area contributed by atoms with E-state index in [4.69, 9.17) is 4.74 Å². The third kappa shape index (κ3) is 8.92. The summed E-state index contributed by atoms with van der Waals surface area (Å²) < 4.78 is 34.5. The average Bonchev–Trinajstić information content (AvgIpc) is 2.88. The van der Waals surface area contributed by atoms with Gasteiger partial charge in [0, 0.05) is 9.26 Å². The van der Waals surface area contributed by atoms with Gasteiger partial charge in [0.2, 0.25) is 10.0 Å². The Morgan fingerprint density at radius 1 is 0.974 bits per heavy atom. The maximum Gasteiger partial charge on any atom is 0.262 e. The number of nitrogens with zero attached hydrogens (tertiary/aromatic N) is 1. The number of benzene rings is 3. The Morgan fingerprint density at radius 2 is 1.61 bits per heavy atom. The molecule has 0 fully saturated rings. The van der Waals surface area contributed by atoms with Gasteiger partial charge in [-0.25, -0.2) is 13.8 Å². The highest BCUT2D eigenvalue weighted by Crippen LogP contribution is 2.15. The molecular formula is C27H29IN4O5S. The van der Waals surface area contributed by atoms with Gasteiger partial charge < -0.3 is 10.1 Å². The van der Waals surface area contributed by atoms with Gasteiger partial charge in [-0.1, -0.05) is 31.5 Å². The van der Waals surface area contributed by atoms with Crippen LogP contribution in [0.5, 0.6) is 5.75 Å². The van der Waals surface area contributed by atoms with Crippen LogP contribution < -0.4 is 20.2 Å². The number of halogens is 1. The molecule has 0 heterocycles. The number of sulfonamides is 1. The zero-order chi connectivity index (χ0) is 27.7. The summed E-state index contributed by atoms with van der Waals surface area (Å²) in [6, 6.07) is 19.6. The Bertz CT molecular complexity index is 1370. The van der Waals surface area contributed by atoms with E-state index in [2.05, 4.69) is 43.2 Å². The molecule has 1 atom stereocenters. The van der Waals surface area contributed by atoms with Crippen LogP contribution in [-0.2, 0) is 19.6 Å². The van der Waals surface area contributed by atoms with Crippen LogP contribution in [0.1, 0.15) is 25.0 Å². The molecule has 0 aromatic heterocycles. The number of amides is 2. The first-order valence-electron chi connectivity index (χ1n) is 11.7. The molecule has 0 aliphatic rings. The third-order valence-corrected chi connectivity index (χ3v) is 7.51. The summed E-state index contributed by atoms with van der Waals surface area (Å²) in [5, 5.41) is 6.71. The molecule has 0 aliphatic heterocycles. The molecule has 3 aromatic carbocycles. The van der Waals surface area contributed by atoms with E-state index in [0.29, 0.717) is 17.0 Å². The summed E-state index contributed by atoms with van der Waals surface area (Å²) in [6.45, 7) is 5.19. The standard InChI is InChI=1S/C27H29IN4O5S/c1-18(2)26(32-38(35,36)24-14-4-19(3)5-15-24)27(34)31-29-16-20-6-12-23(13-7-20)37-17-25(33)30-22-10-8-21(28)9-11-22/h4-16,18,26,32H,17H2,1-3H3,(H,30,33)(H,31,34)/b29-16-/t26-/m1/s1. The van der Waals surface area contributed by atoms with Gasteiger partial charge in [-0.05, 0) is 102 Å². The van der Waals surface area contributed by atoms with Crippen molar-refractivity contribution in [1.29, 1.82) is 0 Å². The molecule has 0 unspecified atom stereocenters. The van der Waals surface area contributed by atoms with E-state index in [-0.39, 0.29) is 23.3 Å². The number of hydrogen-bond donors (Lipinski definition) is 3. The Labute approximate surface area is 236 Å². The molecular weight excluding hydrogens is 619 g/mol. The highest BCUT2D eigenvalue weighted by Gasteiger charge is 2.28. The largest absolute Gasteiger partial charge is 0.484 e. The van der Waals surface area contributed by atoms with Crippen molar-refractivity contribution in [3.63, 3.8) is 0 Å². The summed E-state index contributed by atoms with van der Waals surface area (Å²) in [5.41, 5.74) is 4.68. The van der Waals surface area contributed by atoms with E-state index in [1.807, 2.05) is 31.2 Å². The van der Waals surface area contributed by atoms with Gasteiger partial charge in [-0.15, -0.1) is 0 Å². The highest BCUT2D eigenvalue weighted by atomic mass is 127. The zero-order valence-electron chi connectivity index (χ0n) is 21.1. The van der Waals surface area contributed by atoms with Crippen LogP contribution in [0.25, 0.3) is 0 Å². The van der Waals surface area contributed by atoms with Gasteiger partial charge in [0.25, 0.3) is 11.8 Å². The van der Waals surface area contributed by atoms with Crippen molar-refractivity contribution in [3.8, 4) is 5.75 Å². The van der Waals surface area contributed by atoms with Crippen molar-refractivity contribution in [2.24, 2.45) is 11.0 Å². The number of anilines is 1. The van der Waals surface area contributed by atoms with E-state index < -0.39 is 22.0 Å². The number of aryl methyl sites for hydroxylation is 1. The maximum atomic E-state index is 12.7. The molecule has 0 aliphatic carbocycles. The average molecular weight is 649 g/mol. The molecule has 200 valence electrons. The number of carbonyl (C=O) groups excluding carboxylic acids is 2. The minimum Gasteiger partial charge on any atom is -0.484 e. The molecule has 0 spiro atoms.